The Bertz CT molecular complexity index is 888. The normalized spacial score (nSPS) is 19.8. The molecule has 3 rings (SSSR count). The van der Waals surface area contributed by atoms with E-state index in [1.807, 2.05) is 0 Å². The summed E-state index contributed by atoms with van der Waals surface area (Å²) in [5.41, 5.74) is 0.150. The summed E-state index contributed by atoms with van der Waals surface area (Å²) in [5.74, 6) is -0.301. The van der Waals surface area contributed by atoms with Crippen LogP contribution in [0.5, 0.6) is 5.75 Å². The Morgan fingerprint density at radius 1 is 1.10 bits per heavy atom. The highest BCUT2D eigenvalue weighted by atomic mass is 32.2. The molecular formula is C19H26F3N3O5S. The number of alkyl halides is 3. The van der Waals surface area contributed by atoms with Crippen molar-refractivity contribution in [1.29, 1.82) is 0 Å². The average Bonchev–Trinajstić information content (AvgIpc) is 2.97. The van der Waals surface area contributed by atoms with Crippen LogP contribution in [0.2, 0.25) is 0 Å². The van der Waals surface area contributed by atoms with Gasteiger partial charge in [0.1, 0.15) is 10.6 Å². The summed E-state index contributed by atoms with van der Waals surface area (Å²) in [7, 11) is -2.56. The van der Waals surface area contributed by atoms with Gasteiger partial charge in [0, 0.05) is 44.8 Å². The standard InChI is InChI=1S/C19H26F3N3O5S/c1-29-16-4-3-15(13-17(16)31(27,28)25-9-11-30-12-10-25)18(26)24-6-2-5-23(7-8-24)14-19(20,21)22/h3-4,13H,2,5-12,14H2,1H3. The van der Waals surface area contributed by atoms with Gasteiger partial charge in [-0.25, -0.2) is 8.42 Å². The van der Waals surface area contributed by atoms with Gasteiger partial charge in [-0.1, -0.05) is 0 Å². The van der Waals surface area contributed by atoms with E-state index in [9.17, 15) is 26.4 Å². The number of amides is 1. The summed E-state index contributed by atoms with van der Waals surface area (Å²) in [6.07, 6.45) is -3.89. The molecule has 1 amide bonds. The van der Waals surface area contributed by atoms with Crippen molar-refractivity contribution in [3.05, 3.63) is 23.8 Å². The molecule has 0 N–H and O–H groups in total. The maximum atomic E-state index is 13.1. The van der Waals surface area contributed by atoms with Crippen molar-refractivity contribution >= 4 is 15.9 Å². The van der Waals surface area contributed by atoms with Crippen LogP contribution >= 0.6 is 0 Å². The predicted octanol–water partition coefficient (Wildman–Crippen LogP) is 1.43. The summed E-state index contributed by atoms with van der Waals surface area (Å²) >= 11 is 0. The maximum Gasteiger partial charge on any atom is 0.401 e. The van der Waals surface area contributed by atoms with Crippen LogP contribution in [0.1, 0.15) is 16.8 Å². The molecule has 0 aliphatic carbocycles. The summed E-state index contributed by atoms with van der Waals surface area (Å²) in [4.78, 5) is 15.6. The second kappa shape index (κ2) is 9.72. The molecule has 174 valence electrons. The molecular weight excluding hydrogens is 439 g/mol. The van der Waals surface area contributed by atoms with E-state index in [4.69, 9.17) is 9.47 Å². The number of rotatable bonds is 5. The molecule has 1 aromatic carbocycles. The average molecular weight is 465 g/mol. The van der Waals surface area contributed by atoms with Crippen LogP contribution in [0.3, 0.4) is 0 Å². The zero-order valence-electron chi connectivity index (χ0n) is 17.2. The lowest BCUT2D eigenvalue weighted by atomic mass is 10.2. The third-order valence-electron chi connectivity index (χ3n) is 5.28. The molecule has 8 nitrogen and oxygen atoms in total. The Labute approximate surface area is 179 Å². The van der Waals surface area contributed by atoms with E-state index in [0.29, 0.717) is 13.0 Å². The minimum atomic E-state index is -4.29. The molecule has 0 unspecified atom stereocenters. The molecule has 0 aromatic heterocycles. The molecule has 0 atom stereocenters. The zero-order chi connectivity index (χ0) is 22.6. The molecule has 2 fully saturated rings. The summed E-state index contributed by atoms with van der Waals surface area (Å²) in [6, 6.07) is 4.18. The fourth-order valence-electron chi connectivity index (χ4n) is 3.71. The smallest absolute Gasteiger partial charge is 0.401 e. The van der Waals surface area contributed by atoms with Crippen LogP contribution < -0.4 is 4.74 Å². The van der Waals surface area contributed by atoms with Gasteiger partial charge in [0.15, 0.2) is 0 Å². The number of hydrogen-bond donors (Lipinski definition) is 0. The van der Waals surface area contributed by atoms with Crippen molar-refractivity contribution in [1.82, 2.24) is 14.1 Å². The van der Waals surface area contributed by atoms with E-state index >= 15 is 0 Å². The zero-order valence-corrected chi connectivity index (χ0v) is 18.0. The number of nitrogens with zero attached hydrogens (tertiary/aromatic N) is 3. The van der Waals surface area contributed by atoms with E-state index in [1.54, 1.807) is 0 Å². The molecule has 0 bridgehead atoms. The predicted molar refractivity (Wildman–Crippen MR) is 106 cm³/mol. The molecule has 31 heavy (non-hydrogen) atoms. The molecule has 0 saturated carbocycles. The Morgan fingerprint density at radius 3 is 2.45 bits per heavy atom. The molecule has 2 aliphatic heterocycles. The second-order valence-electron chi connectivity index (χ2n) is 7.42. The number of methoxy groups -OCH3 is 1. The number of sulfonamides is 1. The minimum Gasteiger partial charge on any atom is -0.495 e. The van der Waals surface area contributed by atoms with Crippen LogP contribution in [-0.4, -0.2) is 101 Å². The number of ether oxygens (including phenoxy) is 2. The molecule has 0 radical (unpaired) electrons. The van der Waals surface area contributed by atoms with Crippen molar-refractivity contribution < 1.29 is 35.9 Å². The number of benzene rings is 1. The third kappa shape index (κ3) is 5.88. The van der Waals surface area contributed by atoms with Crippen molar-refractivity contribution in [3.63, 3.8) is 0 Å². The number of halogens is 3. The topological polar surface area (TPSA) is 79.4 Å². The summed E-state index contributed by atoms with van der Waals surface area (Å²) in [5, 5.41) is 0. The molecule has 0 spiro atoms. The highest BCUT2D eigenvalue weighted by molar-refractivity contribution is 7.89. The Morgan fingerprint density at radius 2 is 1.81 bits per heavy atom. The van der Waals surface area contributed by atoms with Gasteiger partial charge in [-0.2, -0.15) is 17.5 Å². The van der Waals surface area contributed by atoms with Crippen molar-refractivity contribution in [2.24, 2.45) is 0 Å². The fraction of sp³-hybridized carbons (Fsp3) is 0.632. The van der Waals surface area contributed by atoms with Crippen LogP contribution in [-0.2, 0) is 14.8 Å². The Kier molecular flexibility index (Phi) is 7.45. The quantitative estimate of drug-likeness (QED) is 0.655. The van der Waals surface area contributed by atoms with Gasteiger partial charge in [-0.3, -0.25) is 9.69 Å². The first-order valence-corrected chi connectivity index (χ1v) is 11.4. The third-order valence-corrected chi connectivity index (χ3v) is 7.20. The van der Waals surface area contributed by atoms with Gasteiger partial charge in [0.05, 0.1) is 26.9 Å². The highest BCUT2D eigenvalue weighted by Crippen LogP contribution is 2.29. The first-order valence-electron chi connectivity index (χ1n) is 9.96. The van der Waals surface area contributed by atoms with E-state index in [2.05, 4.69) is 0 Å². The van der Waals surface area contributed by atoms with Gasteiger partial charge < -0.3 is 14.4 Å². The Balaban J connectivity index is 1.80. The van der Waals surface area contributed by atoms with E-state index in [-0.39, 0.29) is 62.1 Å². The lowest BCUT2D eigenvalue weighted by Gasteiger charge is -2.27. The molecule has 2 aliphatic rings. The Hall–Kier alpha value is -1.89. The number of morpholine rings is 1. The highest BCUT2D eigenvalue weighted by Gasteiger charge is 2.33. The fourth-order valence-corrected chi connectivity index (χ4v) is 5.30. The van der Waals surface area contributed by atoms with Crippen molar-refractivity contribution in [2.75, 3.05) is 66.1 Å². The van der Waals surface area contributed by atoms with E-state index < -0.39 is 28.7 Å². The number of carbonyl (C=O) groups is 1. The van der Waals surface area contributed by atoms with E-state index in [0.717, 1.165) is 0 Å². The first-order chi connectivity index (χ1) is 14.6. The maximum absolute atomic E-state index is 13.1. The van der Waals surface area contributed by atoms with Gasteiger partial charge in [0.25, 0.3) is 5.91 Å². The van der Waals surface area contributed by atoms with Gasteiger partial charge in [-0.05, 0) is 24.6 Å². The van der Waals surface area contributed by atoms with Crippen molar-refractivity contribution in [2.45, 2.75) is 17.5 Å². The monoisotopic (exact) mass is 465 g/mol. The van der Waals surface area contributed by atoms with Gasteiger partial charge >= 0.3 is 6.18 Å². The second-order valence-corrected chi connectivity index (χ2v) is 9.33. The molecule has 2 saturated heterocycles. The van der Waals surface area contributed by atoms with Crippen molar-refractivity contribution in [3.8, 4) is 5.75 Å². The van der Waals surface area contributed by atoms with E-state index in [1.165, 1.54) is 39.4 Å². The molecule has 12 heteroatoms. The summed E-state index contributed by atoms with van der Waals surface area (Å²) in [6.45, 7) is 0.708. The lowest BCUT2D eigenvalue weighted by molar-refractivity contribution is -0.145. The van der Waals surface area contributed by atoms with Crippen LogP contribution in [0.15, 0.2) is 23.1 Å². The minimum absolute atomic E-state index is 0.0976. The van der Waals surface area contributed by atoms with Crippen LogP contribution in [0.4, 0.5) is 13.2 Å². The largest absolute Gasteiger partial charge is 0.495 e. The molecule has 2 heterocycles. The first kappa shape index (κ1) is 23.8. The molecule has 1 aromatic rings. The van der Waals surface area contributed by atoms with Gasteiger partial charge in [0.2, 0.25) is 10.0 Å². The van der Waals surface area contributed by atoms with Crippen LogP contribution in [0.25, 0.3) is 0 Å². The number of carbonyl (C=O) groups excluding carboxylic acids is 1. The van der Waals surface area contributed by atoms with Gasteiger partial charge in [-0.15, -0.1) is 0 Å². The number of hydrogen-bond acceptors (Lipinski definition) is 6. The lowest BCUT2D eigenvalue weighted by Crippen LogP contribution is -2.41. The summed E-state index contributed by atoms with van der Waals surface area (Å²) < 4.78 is 75.9. The van der Waals surface area contributed by atoms with Crippen LogP contribution in [0, 0.1) is 0 Å². The SMILES string of the molecule is COc1ccc(C(=O)N2CCCN(CC(F)(F)F)CC2)cc1S(=O)(=O)N1CCOCC1.